The highest BCUT2D eigenvalue weighted by atomic mass is 16.6. The SMILES string of the molecule is C[C@@H](NC(=O)OC(C)(C)C)C(=O)NC[C@@H]1CCC[C@H]1C(=O)N[C@H](C)C(=O)NC[C@@H]1CCC[C@H]1C(=O)OCc1ccccc1. The molecule has 0 saturated heterocycles. The Kier molecular flexibility index (Phi) is 12.4. The van der Waals surface area contributed by atoms with Crippen molar-refractivity contribution >= 4 is 29.8 Å². The van der Waals surface area contributed by atoms with E-state index in [1.165, 1.54) is 0 Å². The fraction of sp³-hybridized carbons (Fsp3) is 0.656. The Bertz CT molecular complexity index is 1120. The van der Waals surface area contributed by atoms with Gasteiger partial charge in [0.25, 0.3) is 0 Å². The quantitative estimate of drug-likeness (QED) is 0.269. The van der Waals surface area contributed by atoms with E-state index in [1.807, 2.05) is 30.3 Å². The first kappa shape index (κ1) is 33.9. The van der Waals surface area contributed by atoms with E-state index in [4.69, 9.17) is 9.47 Å². The fourth-order valence-corrected chi connectivity index (χ4v) is 5.76. The Balaban J connectivity index is 1.40. The number of hydrogen-bond donors (Lipinski definition) is 4. The lowest BCUT2D eigenvalue weighted by Crippen LogP contribution is -2.50. The summed E-state index contributed by atoms with van der Waals surface area (Å²) in [5.41, 5.74) is 0.258. The van der Waals surface area contributed by atoms with Crippen molar-refractivity contribution in [3.8, 4) is 0 Å². The number of benzene rings is 1. The van der Waals surface area contributed by atoms with E-state index in [0.29, 0.717) is 19.5 Å². The van der Waals surface area contributed by atoms with E-state index in [-0.39, 0.29) is 54.0 Å². The van der Waals surface area contributed by atoms with Gasteiger partial charge in [-0.3, -0.25) is 19.2 Å². The number of esters is 1. The average molecular weight is 601 g/mol. The molecule has 0 aliphatic heterocycles. The minimum Gasteiger partial charge on any atom is -0.461 e. The maximum absolute atomic E-state index is 13.1. The molecule has 0 aromatic heterocycles. The van der Waals surface area contributed by atoms with E-state index in [1.54, 1.807) is 34.6 Å². The Morgan fingerprint density at radius 2 is 1.33 bits per heavy atom. The van der Waals surface area contributed by atoms with Crippen molar-refractivity contribution in [1.29, 1.82) is 0 Å². The Morgan fingerprint density at radius 1 is 0.791 bits per heavy atom. The first-order valence-corrected chi connectivity index (χ1v) is 15.4. The van der Waals surface area contributed by atoms with Gasteiger partial charge in [0, 0.05) is 19.0 Å². The molecule has 4 N–H and O–H groups in total. The second kappa shape index (κ2) is 15.7. The second-order valence-corrected chi connectivity index (χ2v) is 12.8. The molecule has 2 aliphatic rings. The maximum Gasteiger partial charge on any atom is 0.408 e. The normalized spacial score (nSPS) is 23.0. The van der Waals surface area contributed by atoms with Crippen molar-refractivity contribution in [3.05, 3.63) is 35.9 Å². The topological polar surface area (TPSA) is 152 Å². The number of carbonyl (C=O) groups excluding carboxylic acids is 5. The van der Waals surface area contributed by atoms with E-state index in [0.717, 1.165) is 37.7 Å². The van der Waals surface area contributed by atoms with Crippen LogP contribution in [0.5, 0.6) is 0 Å². The van der Waals surface area contributed by atoms with Gasteiger partial charge in [-0.25, -0.2) is 4.79 Å². The van der Waals surface area contributed by atoms with E-state index in [9.17, 15) is 24.0 Å². The molecule has 43 heavy (non-hydrogen) atoms. The van der Waals surface area contributed by atoms with Gasteiger partial charge in [-0.15, -0.1) is 0 Å². The van der Waals surface area contributed by atoms with Gasteiger partial charge in [0.05, 0.1) is 5.92 Å². The summed E-state index contributed by atoms with van der Waals surface area (Å²) in [6.45, 7) is 9.30. The van der Waals surface area contributed by atoms with Crippen molar-refractivity contribution in [3.63, 3.8) is 0 Å². The minimum atomic E-state index is -0.794. The summed E-state index contributed by atoms with van der Waals surface area (Å²) in [5, 5.41) is 11.1. The number of carbonyl (C=O) groups is 5. The lowest BCUT2D eigenvalue weighted by molar-refractivity contribution is -0.151. The summed E-state index contributed by atoms with van der Waals surface area (Å²) >= 11 is 0. The summed E-state index contributed by atoms with van der Waals surface area (Å²) in [6, 6.07) is 7.99. The highest BCUT2D eigenvalue weighted by molar-refractivity contribution is 5.88. The van der Waals surface area contributed by atoms with Crippen LogP contribution in [0.1, 0.15) is 78.7 Å². The van der Waals surface area contributed by atoms with E-state index in [2.05, 4.69) is 21.3 Å². The van der Waals surface area contributed by atoms with Crippen LogP contribution in [0.15, 0.2) is 30.3 Å². The van der Waals surface area contributed by atoms with Gasteiger partial charge in [-0.1, -0.05) is 43.2 Å². The first-order valence-electron chi connectivity index (χ1n) is 15.4. The predicted molar refractivity (Wildman–Crippen MR) is 160 cm³/mol. The van der Waals surface area contributed by atoms with Gasteiger partial charge >= 0.3 is 12.1 Å². The standard InChI is InChI=1S/C32H48N4O7/c1-20(27(37)34-18-24-14-10-16-26(24)30(40)42-19-22-11-7-6-8-12-22)35-29(39)25-15-9-13-23(25)17-33-28(38)21(2)36-31(41)43-32(3,4)5/h6-8,11-12,20-21,23-26H,9-10,13-19H2,1-5H3,(H,33,38)(H,34,37)(H,35,39)(H,36,41)/t20-,21-,23+,24+,25-,26-/m1/s1. The number of ether oxygens (including phenoxy) is 2. The van der Waals surface area contributed by atoms with Crippen molar-refractivity contribution in [2.45, 2.75) is 97.4 Å². The largest absolute Gasteiger partial charge is 0.461 e. The lowest BCUT2D eigenvalue weighted by atomic mass is 9.94. The zero-order valence-corrected chi connectivity index (χ0v) is 26.1. The Morgan fingerprint density at radius 3 is 1.91 bits per heavy atom. The molecule has 1 aromatic rings. The highest BCUT2D eigenvalue weighted by Crippen LogP contribution is 2.33. The highest BCUT2D eigenvalue weighted by Gasteiger charge is 2.36. The van der Waals surface area contributed by atoms with Gasteiger partial charge in [-0.05, 0) is 77.7 Å². The van der Waals surface area contributed by atoms with Crippen LogP contribution in [0, 0.1) is 23.7 Å². The molecule has 3 rings (SSSR count). The van der Waals surface area contributed by atoms with Crippen LogP contribution < -0.4 is 21.3 Å². The number of hydrogen-bond acceptors (Lipinski definition) is 7. The third-order valence-electron chi connectivity index (χ3n) is 8.14. The van der Waals surface area contributed by atoms with Gasteiger partial charge < -0.3 is 30.7 Å². The molecular formula is C32H48N4O7. The second-order valence-electron chi connectivity index (χ2n) is 12.8. The smallest absolute Gasteiger partial charge is 0.408 e. The van der Waals surface area contributed by atoms with Gasteiger partial charge in [0.1, 0.15) is 24.3 Å². The third kappa shape index (κ3) is 10.9. The van der Waals surface area contributed by atoms with Crippen LogP contribution >= 0.6 is 0 Å². The molecule has 0 spiro atoms. The first-order chi connectivity index (χ1) is 20.3. The van der Waals surface area contributed by atoms with E-state index < -0.39 is 23.8 Å². The maximum atomic E-state index is 13.1. The molecule has 11 nitrogen and oxygen atoms in total. The van der Waals surface area contributed by atoms with E-state index >= 15 is 0 Å². The molecule has 4 amide bonds. The summed E-state index contributed by atoms with van der Waals surface area (Å²) in [7, 11) is 0. The molecule has 0 bridgehead atoms. The van der Waals surface area contributed by atoms with Gasteiger partial charge in [0.15, 0.2) is 0 Å². The number of nitrogens with one attached hydrogen (secondary N) is 4. The number of amides is 4. The molecule has 1 aromatic carbocycles. The molecule has 0 heterocycles. The zero-order valence-electron chi connectivity index (χ0n) is 26.1. The monoisotopic (exact) mass is 600 g/mol. The van der Waals surface area contributed by atoms with Gasteiger partial charge in [0.2, 0.25) is 17.7 Å². The molecule has 238 valence electrons. The molecule has 2 aliphatic carbocycles. The Labute approximate surface area is 254 Å². The van der Waals surface area contributed by atoms with Crippen LogP contribution in [-0.4, -0.2) is 60.6 Å². The average Bonchev–Trinajstić information content (AvgIpc) is 3.62. The van der Waals surface area contributed by atoms with Crippen LogP contribution in [0.3, 0.4) is 0 Å². The number of alkyl carbamates (subject to hydrolysis) is 1. The van der Waals surface area contributed by atoms with Crippen LogP contribution in [0.25, 0.3) is 0 Å². The molecule has 6 atom stereocenters. The summed E-state index contributed by atoms with van der Waals surface area (Å²) in [5.74, 6) is -1.80. The molecule has 0 radical (unpaired) electrons. The molecule has 2 fully saturated rings. The third-order valence-corrected chi connectivity index (χ3v) is 8.14. The van der Waals surface area contributed by atoms with Crippen molar-refractivity contribution < 1.29 is 33.4 Å². The molecule has 0 unspecified atom stereocenters. The van der Waals surface area contributed by atoms with Gasteiger partial charge in [-0.2, -0.15) is 0 Å². The number of rotatable bonds is 12. The fourth-order valence-electron chi connectivity index (χ4n) is 5.76. The van der Waals surface area contributed by atoms with Crippen molar-refractivity contribution in [2.24, 2.45) is 23.7 Å². The van der Waals surface area contributed by atoms with Crippen LogP contribution in [0.4, 0.5) is 4.79 Å². The van der Waals surface area contributed by atoms with Crippen LogP contribution in [0.2, 0.25) is 0 Å². The summed E-state index contributed by atoms with van der Waals surface area (Å²) in [4.78, 5) is 63.1. The minimum absolute atomic E-state index is 0.00912. The van der Waals surface area contributed by atoms with Crippen molar-refractivity contribution in [2.75, 3.05) is 13.1 Å². The zero-order chi connectivity index (χ0) is 31.6. The van der Waals surface area contributed by atoms with Crippen molar-refractivity contribution in [1.82, 2.24) is 21.3 Å². The summed E-state index contributed by atoms with van der Waals surface area (Å²) in [6.07, 6.45) is 4.06. The van der Waals surface area contributed by atoms with Crippen LogP contribution in [-0.2, 0) is 35.3 Å². The Hall–Kier alpha value is -3.63. The molecule has 11 heteroatoms. The predicted octanol–water partition coefficient (Wildman–Crippen LogP) is 3.21. The molecule has 2 saturated carbocycles. The summed E-state index contributed by atoms with van der Waals surface area (Å²) < 4.78 is 10.7. The lowest BCUT2D eigenvalue weighted by Gasteiger charge is -2.24. The molecular weight excluding hydrogens is 552 g/mol.